The van der Waals surface area contributed by atoms with E-state index in [1.54, 1.807) is 12.1 Å². The van der Waals surface area contributed by atoms with Crippen molar-refractivity contribution in [2.24, 2.45) is 0 Å². The highest BCUT2D eigenvalue weighted by Gasteiger charge is 2.20. The van der Waals surface area contributed by atoms with E-state index in [-0.39, 0.29) is 27.2 Å². The van der Waals surface area contributed by atoms with E-state index in [2.05, 4.69) is 16.2 Å². The summed E-state index contributed by atoms with van der Waals surface area (Å²) in [5, 5.41) is 14.0. The molecule has 1 amide bonds. The molecule has 0 aromatic heterocycles. The second kappa shape index (κ2) is 8.36. The van der Waals surface area contributed by atoms with E-state index in [0.717, 1.165) is 11.6 Å². The van der Waals surface area contributed by atoms with Gasteiger partial charge in [-0.05, 0) is 42.0 Å². The average Bonchev–Trinajstić information content (AvgIpc) is 2.58. The Hall–Kier alpha value is -2.78. The molecule has 0 atom stereocenters. The normalized spacial score (nSPS) is 10.0. The number of halogens is 2. The molecule has 3 N–H and O–H groups in total. The van der Waals surface area contributed by atoms with Gasteiger partial charge >= 0.3 is 0 Å². The Morgan fingerprint density at radius 3 is 2.52 bits per heavy atom. The second-order valence-electron chi connectivity index (χ2n) is 4.81. The van der Waals surface area contributed by atoms with E-state index in [9.17, 15) is 19.3 Å². The van der Waals surface area contributed by atoms with Crippen LogP contribution in [0.5, 0.6) is 0 Å². The minimum absolute atomic E-state index is 0.0855. The molecule has 2 aromatic rings. The molecular formula is C15H12ClFN4O3S. The third-order valence-electron chi connectivity index (χ3n) is 3.06. The third-order valence-corrected chi connectivity index (χ3v) is 3.54. The van der Waals surface area contributed by atoms with Crippen molar-refractivity contribution in [1.82, 2.24) is 16.2 Å². The number of nitro groups is 1. The Balaban J connectivity index is 1.91. The maximum atomic E-state index is 12.8. The first-order valence-electron chi connectivity index (χ1n) is 6.89. The first kappa shape index (κ1) is 18.6. The summed E-state index contributed by atoms with van der Waals surface area (Å²) in [5.74, 6) is -1.11. The summed E-state index contributed by atoms with van der Waals surface area (Å²) in [7, 11) is 0. The van der Waals surface area contributed by atoms with E-state index in [1.807, 2.05) is 0 Å². The van der Waals surface area contributed by atoms with Crippen LogP contribution in [0.25, 0.3) is 0 Å². The Morgan fingerprint density at radius 2 is 1.88 bits per heavy atom. The zero-order valence-corrected chi connectivity index (χ0v) is 14.2. The minimum atomic E-state index is -0.764. The van der Waals surface area contributed by atoms with Gasteiger partial charge in [0.25, 0.3) is 11.6 Å². The molecule has 2 rings (SSSR count). The fourth-order valence-corrected chi connectivity index (χ4v) is 2.15. The molecule has 0 saturated carbocycles. The van der Waals surface area contributed by atoms with Crippen molar-refractivity contribution in [3.05, 3.63) is 74.5 Å². The summed E-state index contributed by atoms with van der Waals surface area (Å²) in [6, 6.07) is 9.44. The number of carbonyl (C=O) groups is 1. The predicted molar refractivity (Wildman–Crippen MR) is 94.5 cm³/mol. The van der Waals surface area contributed by atoms with Crippen molar-refractivity contribution < 1.29 is 14.1 Å². The van der Waals surface area contributed by atoms with Crippen molar-refractivity contribution in [3.63, 3.8) is 0 Å². The van der Waals surface area contributed by atoms with Crippen LogP contribution in [0, 0.1) is 15.9 Å². The molecule has 2 aromatic carbocycles. The maximum absolute atomic E-state index is 12.8. The van der Waals surface area contributed by atoms with Crippen LogP contribution in [0.1, 0.15) is 15.9 Å². The molecule has 0 aliphatic heterocycles. The summed E-state index contributed by atoms with van der Waals surface area (Å²) in [4.78, 5) is 22.3. The van der Waals surface area contributed by atoms with Gasteiger partial charge in [0.05, 0.1) is 4.92 Å². The molecule has 0 saturated heterocycles. The number of nitro benzene ring substituents is 1. The largest absolute Gasteiger partial charge is 0.357 e. The summed E-state index contributed by atoms with van der Waals surface area (Å²) in [6.07, 6.45) is 0. The lowest BCUT2D eigenvalue weighted by Crippen LogP contribution is -2.46. The second-order valence-corrected chi connectivity index (χ2v) is 5.65. The van der Waals surface area contributed by atoms with Crippen molar-refractivity contribution >= 4 is 40.5 Å². The van der Waals surface area contributed by atoms with Gasteiger partial charge in [0.1, 0.15) is 11.4 Å². The molecule has 0 unspecified atom stereocenters. The van der Waals surface area contributed by atoms with Gasteiger partial charge in [-0.2, -0.15) is 0 Å². The fraction of sp³-hybridized carbons (Fsp3) is 0.0667. The Morgan fingerprint density at radius 1 is 1.20 bits per heavy atom. The summed E-state index contributed by atoms with van der Waals surface area (Å²) >= 11 is 10.8. The molecule has 0 aliphatic carbocycles. The molecule has 10 heteroatoms. The topological polar surface area (TPSA) is 96.3 Å². The highest BCUT2D eigenvalue weighted by atomic mass is 35.5. The quantitative estimate of drug-likeness (QED) is 0.427. The van der Waals surface area contributed by atoms with Crippen LogP contribution in [0.4, 0.5) is 10.1 Å². The van der Waals surface area contributed by atoms with Crippen molar-refractivity contribution in [3.8, 4) is 0 Å². The summed E-state index contributed by atoms with van der Waals surface area (Å²) in [5.41, 5.74) is 4.88. The maximum Gasteiger partial charge on any atom is 0.282 e. The molecule has 0 aliphatic rings. The van der Waals surface area contributed by atoms with Crippen LogP contribution < -0.4 is 16.2 Å². The first-order valence-corrected chi connectivity index (χ1v) is 7.68. The highest BCUT2D eigenvalue weighted by molar-refractivity contribution is 7.80. The van der Waals surface area contributed by atoms with Crippen molar-refractivity contribution in [1.29, 1.82) is 0 Å². The number of nitrogens with zero attached hydrogens (tertiary/aromatic N) is 1. The fourth-order valence-electron chi connectivity index (χ4n) is 1.86. The molecule has 25 heavy (non-hydrogen) atoms. The van der Waals surface area contributed by atoms with Gasteiger partial charge in [0, 0.05) is 17.6 Å². The molecule has 0 fully saturated rings. The van der Waals surface area contributed by atoms with Crippen LogP contribution in [0.2, 0.25) is 5.02 Å². The smallest absolute Gasteiger partial charge is 0.282 e. The van der Waals surface area contributed by atoms with Gasteiger partial charge in [-0.25, -0.2) is 4.39 Å². The molecular weight excluding hydrogens is 371 g/mol. The van der Waals surface area contributed by atoms with Gasteiger partial charge < -0.3 is 5.32 Å². The molecule has 130 valence electrons. The SMILES string of the molecule is O=C(NNC(=S)NCc1ccc(F)cc1)c1cc(Cl)ccc1[N+](=O)[O-]. The van der Waals surface area contributed by atoms with Crippen molar-refractivity contribution in [2.45, 2.75) is 6.54 Å². The lowest BCUT2D eigenvalue weighted by Gasteiger charge is -2.12. The van der Waals surface area contributed by atoms with Crippen LogP contribution in [-0.2, 0) is 6.54 Å². The monoisotopic (exact) mass is 382 g/mol. The highest BCUT2D eigenvalue weighted by Crippen LogP contribution is 2.22. The van der Waals surface area contributed by atoms with Gasteiger partial charge in [-0.1, -0.05) is 23.7 Å². The summed E-state index contributed by atoms with van der Waals surface area (Å²) in [6.45, 7) is 0.305. The lowest BCUT2D eigenvalue weighted by molar-refractivity contribution is -0.385. The van der Waals surface area contributed by atoms with E-state index in [0.29, 0.717) is 6.54 Å². The van der Waals surface area contributed by atoms with Crippen LogP contribution in [-0.4, -0.2) is 15.9 Å². The Kier molecular flexibility index (Phi) is 6.20. The molecule has 0 bridgehead atoms. The number of nitrogens with one attached hydrogen (secondary N) is 3. The zero-order valence-electron chi connectivity index (χ0n) is 12.6. The van der Waals surface area contributed by atoms with Gasteiger partial charge in [-0.3, -0.25) is 25.8 Å². The number of hydrogen-bond acceptors (Lipinski definition) is 4. The number of amides is 1. The standard InChI is InChI=1S/C15H12ClFN4O3S/c16-10-3-6-13(21(23)24)12(7-10)14(22)19-20-15(25)18-8-9-1-4-11(17)5-2-9/h1-7H,8H2,(H,19,22)(H2,18,20,25). The van der Waals surface area contributed by atoms with Gasteiger partial charge in [-0.15, -0.1) is 0 Å². The molecule has 0 spiro atoms. The number of hydrazine groups is 1. The average molecular weight is 383 g/mol. The van der Waals surface area contributed by atoms with Crippen molar-refractivity contribution in [2.75, 3.05) is 0 Å². The van der Waals surface area contributed by atoms with Crippen LogP contribution in [0.3, 0.4) is 0 Å². The predicted octanol–water partition coefficient (Wildman–Crippen LogP) is 2.70. The molecule has 0 radical (unpaired) electrons. The molecule has 0 heterocycles. The Labute approximate surface area is 152 Å². The van der Waals surface area contributed by atoms with Crippen LogP contribution in [0.15, 0.2) is 42.5 Å². The lowest BCUT2D eigenvalue weighted by atomic mass is 10.2. The van der Waals surface area contributed by atoms with Gasteiger partial charge in [0.2, 0.25) is 0 Å². The van der Waals surface area contributed by atoms with E-state index < -0.39 is 10.8 Å². The minimum Gasteiger partial charge on any atom is -0.357 e. The number of rotatable bonds is 4. The Bertz CT molecular complexity index is 817. The van der Waals surface area contributed by atoms with Gasteiger partial charge in [0.15, 0.2) is 5.11 Å². The number of carbonyl (C=O) groups excluding carboxylic acids is 1. The van der Waals surface area contributed by atoms with E-state index in [1.165, 1.54) is 24.3 Å². The number of hydrogen-bond donors (Lipinski definition) is 3. The third kappa shape index (κ3) is 5.37. The van der Waals surface area contributed by atoms with E-state index in [4.69, 9.17) is 23.8 Å². The summed E-state index contributed by atoms with van der Waals surface area (Å²) < 4.78 is 12.8. The number of thiocarbonyl (C=S) groups is 1. The molecule has 7 nitrogen and oxygen atoms in total. The number of benzene rings is 2. The van der Waals surface area contributed by atoms with E-state index >= 15 is 0 Å². The van der Waals surface area contributed by atoms with Crippen LogP contribution >= 0.6 is 23.8 Å². The zero-order chi connectivity index (χ0) is 18.4. The first-order chi connectivity index (χ1) is 11.9.